The lowest BCUT2D eigenvalue weighted by Crippen LogP contribution is -2.11. The molecule has 0 amide bonds. The zero-order valence-electron chi connectivity index (χ0n) is 12.0. The van der Waals surface area contributed by atoms with Crippen molar-refractivity contribution < 1.29 is 12.8 Å². The molecule has 0 saturated carbocycles. The lowest BCUT2D eigenvalue weighted by atomic mass is 10.2. The predicted molar refractivity (Wildman–Crippen MR) is 88.1 cm³/mol. The Morgan fingerprint density at radius 2 is 1.73 bits per heavy atom. The van der Waals surface area contributed by atoms with Gasteiger partial charge >= 0.3 is 0 Å². The van der Waals surface area contributed by atoms with Crippen LogP contribution in [0.5, 0.6) is 0 Å². The highest BCUT2D eigenvalue weighted by Crippen LogP contribution is 2.30. The summed E-state index contributed by atoms with van der Waals surface area (Å²) in [4.78, 5) is 0.179. The summed E-state index contributed by atoms with van der Waals surface area (Å²) in [6, 6.07) is 9.42. The lowest BCUT2D eigenvalue weighted by Gasteiger charge is -2.08. The Morgan fingerprint density at radius 3 is 2.36 bits per heavy atom. The highest BCUT2D eigenvalue weighted by molar-refractivity contribution is 9.10. The fourth-order valence-corrected chi connectivity index (χ4v) is 4.13. The van der Waals surface area contributed by atoms with E-state index in [0.29, 0.717) is 15.4 Å². The molecule has 3 nitrogen and oxygen atoms in total. The van der Waals surface area contributed by atoms with E-state index in [9.17, 15) is 12.8 Å². The molecule has 2 aromatic carbocycles. The normalized spacial score (nSPS) is 12.0. The van der Waals surface area contributed by atoms with Gasteiger partial charge in [-0.25, -0.2) is 16.8 Å². The van der Waals surface area contributed by atoms with Crippen LogP contribution < -0.4 is 0 Å². The molecule has 0 radical (unpaired) electrons. The van der Waals surface area contributed by atoms with Crippen LogP contribution in [0.2, 0.25) is 0 Å². The number of halogens is 2. The third-order valence-electron chi connectivity index (χ3n) is 3.59. The third kappa shape index (κ3) is 2.36. The molecule has 3 aromatic rings. The molecule has 0 aliphatic carbocycles. The largest absolute Gasteiger partial charge is 0.268 e. The smallest absolute Gasteiger partial charge is 0.241 e. The van der Waals surface area contributed by atoms with Gasteiger partial charge in [-0.15, -0.1) is 0 Å². The molecule has 0 N–H and O–H groups in total. The molecular weight excluding hydrogens is 369 g/mol. The molecule has 3 rings (SSSR count). The van der Waals surface area contributed by atoms with Crippen molar-refractivity contribution >= 4 is 36.9 Å². The van der Waals surface area contributed by atoms with Crippen molar-refractivity contribution in [2.75, 3.05) is 0 Å². The molecule has 0 bridgehead atoms. The Bertz CT molecular complexity index is 976. The molecule has 0 aliphatic heterocycles. The van der Waals surface area contributed by atoms with Crippen LogP contribution in [-0.2, 0) is 10.0 Å². The summed E-state index contributed by atoms with van der Waals surface area (Å²) in [5, 5.41) is 0.698. The molecule has 1 heterocycles. The average molecular weight is 382 g/mol. The first-order valence-corrected chi connectivity index (χ1v) is 8.83. The molecule has 6 heteroatoms. The number of aryl methyl sites for hydroxylation is 2. The second-order valence-electron chi connectivity index (χ2n) is 5.21. The van der Waals surface area contributed by atoms with Crippen LogP contribution in [0.4, 0.5) is 4.39 Å². The second kappa shape index (κ2) is 5.21. The van der Waals surface area contributed by atoms with Crippen LogP contribution in [-0.4, -0.2) is 12.4 Å². The summed E-state index contributed by atoms with van der Waals surface area (Å²) in [7, 11) is -3.76. The quantitative estimate of drug-likeness (QED) is 0.659. The SMILES string of the molecule is Cc1ccc(S(=O)(=O)n2cc(C)c3cc(Br)c(F)cc32)cc1. The molecule has 0 spiro atoms. The first-order chi connectivity index (χ1) is 10.3. The van der Waals surface area contributed by atoms with Crippen molar-refractivity contribution in [3.8, 4) is 0 Å². The Labute approximate surface area is 136 Å². The van der Waals surface area contributed by atoms with E-state index in [1.807, 2.05) is 6.92 Å². The fraction of sp³-hybridized carbons (Fsp3) is 0.125. The van der Waals surface area contributed by atoms with Crippen molar-refractivity contribution in [1.29, 1.82) is 0 Å². The Morgan fingerprint density at radius 1 is 1.09 bits per heavy atom. The highest BCUT2D eigenvalue weighted by Gasteiger charge is 2.21. The van der Waals surface area contributed by atoms with E-state index in [-0.39, 0.29) is 4.90 Å². The van der Waals surface area contributed by atoms with E-state index in [2.05, 4.69) is 15.9 Å². The minimum atomic E-state index is -3.76. The lowest BCUT2D eigenvalue weighted by molar-refractivity contribution is 0.588. The van der Waals surface area contributed by atoms with E-state index >= 15 is 0 Å². The van der Waals surface area contributed by atoms with Gasteiger partial charge in [-0.2, -0.15) is 0 Å². The first-order valence-electron chi connectivity index (χ1n) is 6.59. The highest BCUT2D eigenvalue weighted by atomic mass is 79.9. The summed E-state index contributed by atoms with van der Waals surface area (Å²) < 4.78 is 40.9. The van der Waals surface area contributed by atoms with Crippen molar-refractivity contribution in [2.45, 2.75) is 18.7 Å². The molecule has 0 fully saturated rings. The maximum atomic E-state index is 13.8. The van der Waals surface area contributed by atoms with Crippen LogP contribution in [0.1, 0.15) is 11.1 Å². The van der Waals surface area contributed by atoms with Crippen LogP contribution >= 0.6 is 15.9 Å². The number of hydrogen-bond donors (Lipinski definition) is 0. The van der Waals surface area contributed by atoms with Crippen LogP contribution in [0.25, 0.3) is 10.9 Å². The molecule has 114 valence electrons. The van der Waals surface area contributed by atoms with Crippen molar-refractivity contribution in [3.63, 3.8) is 0 Å². The van der Waals surface area contributed by atoms with Gasteiger partial charge in [-0.05, 0) is 53.5 Å². The van der Waals surface area contributed by atoms with E-state index in [1.54, 1.807) is 37.3 Å². The number of nitrogens with zero attached hydrogens (tertiary/aromatic N) is 1. The number of hydrogen-bond acceptors (Lipinski definition) is 2. The van der Waals surface area contributed by atoms with E-state index in [1.165, 1.54) is 12.3 Å². The Kier molecular flexibility index (Phi) is 3.61. The fourth-order valence-electron chi connectivity index (χ4n) is 2.37. The second-order valence-corrected chi connectivity index (χ2v) is 7.88. The predicted octanol–water partition coefficient (Wildman–Crippen LogP) is 4.40. The standard InChI is InChI=1S/C16H13BrFNO2S/c1-10-3-5-12(6-4-10)22(20,21)19-9-11(2)13-7-14(17)15(18)8-16(13)19/h3-9H,1-2H3. The molecule has 0 unspecified atom stereocenters. The van der Waals surface area contributed by atoms with E-state index < -0.39 is 15.8 Å². The van der Waals surface area contributed by atoms with Crippen molar-refractivity contribution in [2.24, 2.45) is 0 Å². The Balaban J connectivity index is 2.30. The monoisotopic (exact) mass is 381 g/mol. The number of aromatic nitrogens is 1. The van der Waals surface area contributed by atoms with Gasteiger partial charge in [0.25, 0.3) is 10.0 Å². The van der Waals surface area contributed by atoms with Gasteiger partial charge in [-0.3, -0.25) is 0 Å². The number of fused-ring (bicyclic) bond motifs is 1. The molecule has 0 atom stereocenters. The van der Waals surface area contributed by atoms with Crippen molar-refractivity contribution in [1.82, 2.24) is 3.97 Å². The average Bonchev–Trinajstić information content (AvgIpc) is 2.78. The van der Waals surface area contributed by atoms with Gasteiger partial charge in [0, 0.05) is 17.6 Å². The molecular formula is C16H13BrFNO2S. The van der Waals surface area contributed by atoms with Gasteiger partial charge in [0.1, 0.15) is 5.82 Å². The summed E-state index contributed by atoms with van der Waals surface area (Å²) in [5.74, 6) is -0.494. The zero-order chi connectivity index (χ0) is 16.1. The summed E-state index contributed by atoms with van der Waals surface area (Å²) in [6.45, 7) is 3.69. The Hall–Kier alpha value is -1.66. The van der Waals surface area contributed by atoms with Crippen LogP contribution in [0, 0.1) is 19.7 Å². The van der Waals surface area contributed by atoms with Gasteiger partial charge in [0.15, 0.2) is 0 Å². The minimum Gasteiger partial charge on any atom is -0.241 e. The summed E-state index contributed by atoms with van der Waals surface area (Å²) in [5.41, 5.74) is 2.08. The maximum absolute atomic E-state index is 13.8. The summed E-state index contributed by atoms with van der Waals surface area (Å²) >= 11 is 3.13. The van der Waals surface area contributed by atoms with E-state index in [0.717, 1.165) is 15.1 Å². The maximum Gasteiger partial charge on any atom is 0.268 e. The molecule has 0 aliphatic rings. The van der Waals surface area contributed by atoms with Gasteiger partial charge in [0.2, 0.25) is 0 Å². The molecule has 0 saturated heterocycles. The van der Waals surface area contributed by atoms with Crippen LogP contribution in [0.3, 0.4) is 0 Å². The van der Waals surface area contributed by atoms with Gasteiger partial charge in [-0.1, -0.05) is 17.7 Å². The molecule has 22 heavy (non-hydrogen) atoms. The van der Waals surface area contributed by atoms with Crippen LogP contribution in [0.15, 0.2) is 52.0 Å². The van der Waals surface area contributed by atoms with E-state index in [4.69, 9.17) is 0 Å². The first kappa shape index (κ1) is 15.2. The van der Waals surface area contributed by atoms with Gasteiger partial charge in [0.05, 0.1) is 14.9 Å². The van der Waals surface area contributed by atoms with Crippen molar-refractivity contribution in [3.05, 3.63) is 64.0 Å². The topological polar surface area (TPSA) is 39.1 Å². The minimum absolute atomic E-state index is 0.179. The zero-order valence-corrected chi connectivity index (χ0v) is 14.4. The number of benzene rings is 2. The number of rotatable bonds is 2. The third-order valence-corrected chi connectivity index (χ3v) is 5.89. The summed E-state index contributed by atoms with van der Waals surface area (Å²) in [6.07, 6.45) is 1.52. The molecule has 1 aromatic heterocycles. The van der Waals surface area contributed by atoms with Gasteiger partial charge < -0.3 is 0 Å².